The molecule has 12 heavy (non-hydrogen) atoms. The maximum atomic E-state index is 5.24. The Morgan fingerprint density at radius 2 is 1.83 bits per heavy atom. The number of thioether (sulfide) groups is 1. The maximum absolute atomic E-state index is 5.24. The molecule has 1 rings (SSSR count). The lowest BCUT2D eigenvalue weighted by atomic mass is 10.2. The van der Waals surface area contributed by atoms with E-state index in [2.05, 4.69) is 31.9 Å². The molecule has 0 aromatic heterocycles. The van der Waals surface area contributed by atoms with Gasteiger partial charge in [-0.2, -0.15) is 0 Å². The molecule has 0 aliphatic rings. The van der Waals surface area contributed by atoms with Gasteiger partial charge in [0.15, 0.2) is 0 Å². The Morgan fingerprint density at radius 3 is 2.25 bits per heavy atom. The van der Waals surface area contributed by atoms with E-state index in [-0.39, 0.29) is 0 Å². The van der Waals surface area contributed by atoms with E-state index in [1.54, 1.807) is 0 Å². The van der Waals surface area contributed by atoms with Crippen molar-refractivity contribution in [1.82, 2.24) is 0 Å². The summed E-state index contributed by atoms with van der Waals surface area (Å²) >= 11 is 1.85. The fourth-order valence-electron chi connectivity index (χ4n) is 0.902. The van der Waals surface area contributed by atoms with Crippen molar-refractivity contribution in [1.29, 1.82) is 0 Å². The summed E-state index contributed by atoms with van der Waals surface area (Å²) in [7, 11) is 0. The topological polar surface area (TPSA) is 0 Å². The summed E-state index contributed by atoms with van der Waals surface area (Å²) in [4.78, 5) is 1.28. The summed E-state index contributed by atoms with van der Waals surface area (Å²) in [6.45, 7) is 4.36. The van der Waals surface area contributed by atoms with Gasteiger partial charge < -0.3 is 0 Å². The Hall–Kier alpha value is -0.870. The van der Waals surface area contributed by atoms with Crippen molar-refractivity contribution in [2.45, 2.75) is 24.0 Å². The third kappa shape index (κ3) is 2.64. The summed E-state index contributed by atoms with van der Waals surface area (Å²) in [6, 6.07) is 8.09. The number of benzene rings is 1. The van der Waals surface area contributed by atoms with Crippen molar-refractivity contribution in [3.63, 3.8) is 0 Å². The highest BCUT2D eigenvalue weighted by atomic mass is 32.2. The summed E-state index contributed by atoms with van der Waals surface area (Å²) in [5.41, 5.74) is 0.947. The minimum absolute atomic E-state index is 0.627. The van der Waals surface area contributed by atoms with Crippen LogP contribution in [0.3, 0.4) is 0 Å². The van der Waals surface area contributed by atoms with E-state index in [1.807, 2.05) is 23.9 Å². The van der Waals surface area contributed by atoms with Crippen LogP contribution < -0.4 is 0 Å². The molecule has 0 saturated heterocycles. The van der Waals surface area contributed by atoms with Gasteiger partial charge in [-0.3, -0.25) is 0 Å². The minimum atomic E-state index is 0.627. The van der Waals surface area contributed by atoms with Gasteiger partial charge in [0, 0.05) is 15.7 Å². The molecular weight excluding hydrogens is 164 g/mol. The molecule has 0 aliphatic carbocycles. The molecule has 0 atom stereocenters. The third-order valence-corrected chi connectivity index (χ3v) is 2.41. The first-order valence-corrected chi connectivity index (χ1v) is 4.83. The zero-order chi connectivity index (χ0) is 8.97. The van der Waals surface area contributed by atoms with E-state index in [1.165, 1.54) is 4.90 Å². The van der Waals surface area contributed by atoms with Gasteiger partial charge in [-0.1, -0.05) is 19.8 Å². The number of rotatable bonds is 2. The Kier molecular flexibility index (Phi) is 3.25. The van der Waals surface area contributed by atoms with Crippen LogP contribution in [0.1, 0.15) is 19.4 Å². The van der Waals surface area contributed by atoms with Crippen molar-refractivity contribution in [2.24, 2.45) is 0 Å². The molecule has 0 N–H and O–H groups in total. The van der Waals surface area contributed by atoms with Gasteiger partial charge in [0.2, 0.25) is 0 Å². The van der Waals surface area contributed by atoms with E-state index in [4.69, 9.17) is 6.42 Å². The first-order chi connectivity index (χ1) is 5.72. The largest absolute Gasteiger partial charge is 0.123 e. The minimum Gasteiger partial charge on any atom is -0.123 e. The smallest absolute Gasteiger partial charge is 0.0243 e. The standard InChI is InChI=1S/C11H12S/c1-4-10-5-7-11(8-6-10)12-9(2)3/h1,5-9H,2-3H3. The van der Waals surface area contributed by atoms with Crippen molar-refractivity contribution < 1.29 is 0 Å². The molecule has 0 saturated carbocycles. The van der Waals surface area contributed by atoms with Crippen LogP contribution in [0.15, 0.2) is 29.2 Å². The number of hydrogen-bond donors (Lipinski definition) is 0. The molecule has 0 aliphatic heterocycles. The first-order valence-electron chi connectivity index (χ1n) is 3.95. The Balaban J connectivity index is 2.73. The second-order valence-corrected chi connectivity index (χ2v) is 4.49. The molecule has 0 fully saturated rings. The van der Waals surface area contributed by atoms with Gasteiger partial charge in [0.25, 0.3) is 0 Å². The Labute approximate surface area is 78.4 Å². The summed E-state index contributed by atoms with van der Waals surface area (Å²) in [5, 5.41) is 0.627. The zero-order valence-corrected chi connectivity index (χ0v) is 8.19. The molecule has 0 heterocycles. The molecule has 0 bridgehead atoms. The van der Waals surface area contributed by atoms with Crippen LogP contribution in [-0.4, -0.2) is 5.25 Å². The zero-order valence-electron chi connectivity index (χ0n) is 7.37. The summed E-state index contributed by atoms with van der Waals surface area (Å²) in [5.74, 6) is 2.60. The maximum Gasteiger partial charge on any atom is 0.0243 e. The molecule has 0 nitrogen and oxygen atoms in total. The van der Waals surface area contributed by atoms with Gasteiger partial charge in [0.1, 0.15) is 0 Å². The number of hydrogen-bond acceptors (Lipinski definition) is 1. The molecule has 1 heteroatoms. The van der Waals surface area contributed by atoms with Crippen LogP contribution in [0.2, 0.25) is 0 Å². The van der Waals surface area contributed by atoms with Gasteiger partial charge in [-0.05, 0) is 24.3 Å². The SMILES string of the molecule is C#Cc1ccc(SC(C)C)cc1. The molecule has 1 aromatic carbocycles. The van der Waals surface area contributed by atoms with Gasteiger partial charge >= 0.3 is 0 Å². The van der Waals surface area contributed by atoms with Crippen LogP contribution in [0.5, 0.6) is 0 Å². The van der Waals surface area contributed by atoms with Crippen molar-refractivity contribution in [3.05, 3.63) is 29.8 Å². The van der Waals surface area contributed by atoms with Crippen molar-refractivity contribution in [3.8, 4) is 12.3 Å². The van der Waals surface area contributed by atoms with Crippen LogP contribution in [0.25, 0.3) is 0 Å². The summed E-state index contributed by atoms with van der Waals surface area (Å²) < 4.78 is 0. The predicted molar refractivity (Wildman–Crippen MR) is 55.4 cm³/mol. The van der Waals surface area contributed by atoms with E-state index in [9.17, 15) is 0 Å². The van der Waals surface area contributed by atoms with Crippen molar-refractivity contribution in [2.75, 3.05) is 0 Å². The highest BCUT2D eigenvalue weighted by Gasteiger charge is 1.96. The monoisotopic (exact) mass is 176 g/mol. The molecule has 1 aromatic rings. The van der Waals surface area contributed by atoms with E-state index < -0.39 is 0 Å². The first kappa shape index (κ1) is 9.22. The second kappa shape index (κ2) is 4.23. The predicted octanol–water partition coefficient (Wildman–Crippen LogP) is 3.17. The normalized spacial score (nSPS) is 9.83. The average molecular weight is 176 g/mol. The molecule has 0 amide bonds. The van der Waals surface area contributed by atoms with Crippen LogP contribution in [0.4, 0.5) is 0 Å². The number of terminal acetylenes is 1. The quantitative estimate of drug-likeness (QED) is 0.492. The second-order valence-electron chi connectivity index (χ2n) is 2.84. The van der Waals surface area contributed by atoms with Gasteiger partial charge in [-0.25, -0.2) is 0 Å². The Morgan fingerprint density at radius 1 is 1.25 bits per heavy atom. The highest BCUT2D eigenvalue weighted by molar-refractivity contribution is 7.99. The van der Waals surface area contributed by atoms with E-state index >= 15 is 0 Å². The fraction of sp³-hybridized carbons (Fsp3) is 0.273. The molecule has 0 spiro atoms. The van der Waals surface area contributed by atoms with Crippen LogP contribution in [-0.2, 0) is 0 Å². The Bertz CT molecular complexity index is 277. The van der Waals surface area contributed by atoms with Crippen LogP contribution >= 0.6 is 11.8 Å². The fourth-order valence-corrected chi connectivity index (χ4v) is 1.74. The lowest BCUT2D eigenvalue weighted by Crippen LogP contribution is -1.85. The lowest BCUT2D eigenvalue weighted by molar-refractivity contribution is 1.11. The average Bonchev–Trinajstić information content (AvgIpc) is 2.05. The summed E-state index contributed by atoms with van der Waals surface area (Å²) in [6.07, 6.45) is 5.24. The highest BCUT2D eigenvalue weighted by Crippen LogP contribution is 2.22. The lowest BCUT2D eigenvalue weighted by Gasteiger charge is -2.03. The van der Waals surface area contributed by atoms with Crippen molar-refractivity contribution >= 4 is 11.8 Å². The van der Waals surface area contributed by atoms with Gasteiger partial charge in [0.05, 0.1) is 0 Å². The van der Waals surface area contributed by atoms with E-state index in [0.29, 0.717) is 5.25 Å². The molecule has 0 unspecified atom stereocenters. The molecule has 62 valence electrons. The molecular formula is C11H12S. The van der Waals surface area contributed by atoms with E-state index in [0.717, 1.165) is 5.56 Å². The third-order valence-electron chi connectivity index (χ3n) is 1.39. The van der Waals surface area contributed by atoms with Gasteiger partial charge in [-0.15, -0.1) is 18.2 Å². The van der Waals surface area contributed by atoms with Crippen LogP contribution in [0, 0.1) is 12.3 Å². The molecule has 0 radical (unpaired) electrons.